The van der Waals surface area contributed by atoms with Crippen LogP contribution < -0.4 is 20.8 Å². The zero-order valence-corrected chi connectivity index (χ0v) is 12.2. The van der Waals surface area contributed by atoms with E-state index < -0.39 is 0 Å². The summed E-state index contributed by atoms with van der Waals surface area (Å²) in [5.74, 6) is 1.15. The molecule has 0 saturated carbocycles. The molecule has 0 aliphatic carbocycles. The third-order valence-electron chi connectivity index (χ3n) is 2.97. The Morgan fingerprint density at radius 3 is 2.71 bits per heavy atom. The predicted octanol–water partition coefficient (Wildman–Crippen LogP) is 1.91. The van der Waals surface area contributed by atoms with E-state index in [4.69, 9.17) is 15.2 Å². The normalized spacial score (nSPS) is 10.4. The van der Waals surface area contributed by atoms with Crippen molar-refractivity contribution in [2.45, 2.75) is 26.4 Å². The van der Waals surface area contributed by atoms with E-state index in [1.165, 1.54) is 0 Å². The van der Waals surface area contributed by atoms with Gasteiger partial charge in [0.05, 0.1) is 7.11 Å². The van der Waals surface area contributed by atoms with Crippen molar-refractivity contribution in [3.63, 3.8) is 0 Å². The predicted molar refractivity (Wildman–Crippen MR) is 79.7 cm³/mol. The number of nitrogens with two attached hydrogens (primary N) is 1. The molecule has 6 nitrogen and oxygen atoms in total. The fourth-order valence-corrected chi connectivity index (χ4v) is 1.95. The molecule has 0 fully saturated rings. The molecule has 0 spiro atoms. The van der Waals surface area contributed by atoms with Gasteiger partial charge in [-0.3, -0.25) is 4.79 Å². The second-order valence-corrected chi connectivity index (χ2v) is 4.55. The maximum atomic E-state index is 12.2. The molecule has 0 bridgehead atoms. The largest absolute Gasteiger partial charge is 0.497 e. The number of rotatable bonds is 6. The summed E-state index contributed by atoms with van der Waals surface area (Å²) in [4.78, 5) is 16.2. The Labute approximate surface area is 123 Å². The summed E-state index contributed by atoms with van der Waals surface area (Å²) in [6, 6.07) is 5.28. The lowest BCUT2D eigenvalue weighted by atomic mass is 10.2. The SMILES string of the molecule is CCCn1ccnc(Oc2cc(CN)cc(OC)c2)c1=O. The molecule has 2 rings (SSSR count). The van der Waals surface area contributed by atoms with Gasteiger partial charge in [-0.15, -0.1) is 0 Å². The molecule has 21 heavy (non-hydrogen) atoms. The summed E-state index contributed by atoms with van der Waals surface area (Å²) in [5.41, 5.74) is 6.24. The molecule has 2 aromatic rings. The molecule has 0 amide bonds. The third-order valence-corrected chi connectivity index (χ3v) is 2.97. The van der Waals surface area contributed by atoms with Gasteiger partial charge < -0.3 is 19.8 Å². The van der Waals surface area contributed by atoms with Crippen molar-refractivity contribution in [2.75, 3.05) is 7.11 Å². The van der Waals surface area contributed by atoms with Gasteiger partial charge in [0.25, 0.3) is 5.88 Å². The molecule has 1 aromatic carbocycles. The second kappa shape index (κ2) is 6.90. The van der Waals surface area contributed by atoms with Crippen LogP contribution >= 0.6 is 0 Å². The van der Waals surface area contributed by atoms with Gasteiger partial charge >= 0.3 is 5.56 Å². The van der Waals surface area contributed by atoms with Crippen molar-refractivity contribution < 1.29 is 9.47 Å². The molecule has 0 aliphatic heterocycles. The smallest absolute Gasteiger partial charge is 0.313 e. The van der Waals surface area contributed by atoms with Gasteiger partial charge in [0.2, 0.25) is 0 Å². The lowest BCUT2D eigenvalue weighted by molar-refractivity contribution is 0.404. The summed E-state index contributed by atoms with van der Waals surface area (Å²) in [5, 5.41) is 0. The van der Waals surface area contributed by atoms with E-state index in [0.717, 1.165) is 12.0 Å². The summed E-state index contributed by atoms with van der Waals surface area (Å²) < 4.78 is 12.4. The van der Waals surface area contributed by atoms with Crippen LogP contribution in [-0.4, -0.2) is 16.7 Å². The monoisotopic (exact) mass is 289 g/mol. The maximum absolute atomic E-state index is 12.2. The Hall–Kier alpha value is -2.34. The zero-order valence-electron chi connectivity index (χ0n) is 12.2. The number of hydrogen-bond acceptors (Lipinski definition) is 5. The van der Waals surface area contributed by atoms with Crippen LogP contribution in [0.3, 0.4) is 0 Å². The van der Waals surface area contributed by atoms with Gasteiger partial charge in [-0.2, -0.15) is 0 Å². The minimum absolute atomic E-state index is 0.0437. The zero-order chi connectivity index (χ0) is 15.2. The molecule has 0 aliphatic rings. The summed E-state index contributed by atoms with van der Waals surface area (Å²) >= 11 is 0. The molecule has 0 atom stereocenters. The Kier molecular flexibility index (Phi) is 4.94. The van der Waals surface area contributed by atoms with Gasteiger partial charge in [0, 0.05) is 31.5 Å². The number of benzene rings is 1. The lowest BCUT2D eigenvalue weighted by Gasteiger charge is -2.10. The van der Waals surface area contributed by atoms with Crippen LogP contribution in [0.2, 0.25) is 0 Å². The van der Waals surface area contributed by atoms with E-state index in [-0.39, 0.29) is 11.4 Å². The molecule has 1 aromatic heterocycles. The molecule has 2 N–H and O–H groups in total. The van der Waals surface area contributed by atoms with Crippen molar-refractivity contribution in [3.8, 4) is 17.4 Å². The quantitative estimate of drug-likeness (QED) is 0.878. The molecule has 0 saturated heterocycles. The molecule has 1 heterocycles. The standard InChI is InChI=1S/C15H19N3O3/c1-3-5-18-6-4-17-14(15(18)19)21-13-8-11(10-16)7-12(9-13)20-2/h4,6-9H,3,5,10,16H2,1-2H3. The first-order valence-corrected chi connectivity index (χ1v) is 6.79. The lowest BCUT2D eigenvalue weighted by Crippen LogP contribution is -2.21. The van der Waals surface area contributed by atoms with Crippen LogP contribution in [0.5, 0.6) is 17.4 Å². The van der Waals surface area contributed by atoms with Crippen molar-refractivity contribution >= 4 is 0 Å². The van der Waals surface area contributed by atoms with Crippen LogP contribution in [0.15, 0.2) is 35.4 Å². The van der Waals surface area contributed by atoms with E-state index >= 15 is 0 Å². The van der Waals surface area contributed by atoms with Gasteiger partial charge in [-0.05, 0) is 24.1 Å². The van der Waals surface area contributed by atoms with Crippen LogP contribution in [0.1, 0.15) is 18.9 Å². The number of aryl methyl sites for hydroxylation is 1. The number of ether oxygens (including phenoxy) is 2. The third kappa shape index (κ3) is 3.61. The minimum Gasteiger partial charge on any atom is -0.497 e. The molecule has 6 heteroatoms. The van der Waals surface area contributed by atoms with Gasteiger partial charge in [0.1, 0.15) is 11.5 Å². The molecule has 0 unspecified atom stereocenters. The van der Waals surface area contributed by atoms with Crippen LogP contribution in [-0.2, 0) is 13.1 Å². The number of hydrogen-bond donors (Lipinski definition) is 1. The summed E-state index contributed by atoms with van der Waals surface area (Å²) in [6.45, 7) is 2.99. The van der Waals surface area contributed by atoms with E-state index in [2.05, 4.69) is 4.98 Å². The summed E-state index contributed by atoms with van der Waals surface area (Å²) in [7, 11) is 1.56. The fourth-order valence-electron chi connectivity index (χ4n) is 1.95. The van der Waals surface area contributed by atoms with E-state index in [1.54, 1.807) is 36.2 Å². The van der Waals surface area contributed by atoms with E-state index in [1.807, 2.05) is 13.0 Å². The first-order valence-electron chi connectivity index (χ1n) is 6.79. The highest BCUT2D eigenvalue weighted by atomic mass is 16.5. The maximum Gasteiger partial charge on any atom is 0.313 e. The average molecular weight is 289 g/mol. The van der Waals surface area contributed by atoms with Crippen LogP contribution in [0.25, 0.3) is 0 Å². The molecule has 0 radical (unpaired) electrons. The van der Waals surface area contributed by atoms with E-state index in [0.29, 0.717) is 24.6 Å². The molecular weight excluding hydrogens is 270 g/mol. The number of nitrogens with zero attached hydrogens (tertiary/aromatic N) is 2. The highest BCUT2D eigenvalue weighted by Crippen LogP contribution is 2.25. The first-order chi connectivity index (χ1) is 10.2. The topological polar surface area (TPSA) is 79.4 Å². The van der Waals surface area contributed by atoms with Gasteiger partial charge in [-0.1, -0.05) is 6.92 Å². The average Bonchev–Trinajstić information content (AvgIpc) is 2.51. The Morgan fingerprint density at radius 2 is 2.05 bits per heavy atom. The first kappa shape index (κ1) is 15.1. The Balaban J connectivity index is 2.34. The van der Waals surface area contributed by atoms with Gasteiger partial charge in [0.15, 0.2) is 0 Å². The number of methoxy groups -OCH3 is 1. The fraction of sp³-hybridized carbons (Fsp3) is 0.333. The highest BCUT2D eigenvalue weighted by molar-refractivity contribution is 5.39. The minimum atomic E-state index is -0.253. The van der Waals surface area contributed by atoms with Crippen molar-refractivity contribution in [2.24, 2.45) is 5.73 Å². The number of aromatic nitrogens is 2. The van der Waals surface area contributed by atoms with Crippen LogP contribution in [0, 0.1) is 0 Å². The second-order valence-electron chi connectivity index (χ2n) is 4.55. The van der Waals surface area contributed by atoms with Crippen LogP contribution in [0.4, 0.5) is 0 Å². The van der Waals surface area contributed by atoms with Crippen molar-refractivity contribution in [1.82, 2.24) is 9.55 Å². The van der Waals surface area contributed by atoms with Crippen molar-refractivity contribution in [1.29, 1.82) is 0 Å². The Bertz CT molecular complexity index is 645. The highest BCUT2D eigenvalue weighted by Gasteiger charge is 2.09. The molecule has 112 valence electrons. The molecular formula is C15H19N3O3. The Morgan fingerprint density at radius 1 is 1.29 bits per heavy atom. The van der Waals surface area contributed by atoms with Crippen molar-refractivity contribution in [3.05, 3.63) is 46.5 Å². The van der Waals surface area contributed by atoms with Gasteiger partial charge in [-0.25, -0.2) is 4.98 Å². The van der Waals surface area contributed by atoms with E-state index in [9.17, 15) is 4.79 Å². The summed E-state index contributed by atoms with van der Waals surface area (Å²) in [6.07, 6.45) is 4.06.